The van der Waals surface area contributed by atoms with Crippen molar-refractivity contribution in [2.75, 3.05) is 6.61 Å². The Bertz CT molecular complexity index is 891. The Morgan fingerprint density at radius 3 is 2.41 bits per heavy atom. The minimum absolute atomic E-state index is 0.0834. The monoisotopic (exact) mass is 446 g/mol. The van der Waals surface area contributed by atoms with Crippen molar-refractivity contribution in [2.24, 2.45) is 28.6 Å². The van der Waals surface area contributed by atoms with Crippen LogP contribution in [0.4, 0.5) is 0 Å². The molecule has 176 valence electrons. The summed E-state index contributed by atoms with van der Waals surface area (Å²) in [6.45, 7) is 6.41. The number of hydrogen-bond acceptors (Lipinski definition) is 7. The van der Waals surface area contributed by atoms with Gasteiger partial charge >= 0.3 is 11.9 Å². The molecule has 0 saturated heterocycles. The lowest BCUT2D eigenvalue weighted by Gasteiger charge is -2.60. The van der Waals surface area contributed by atoms with Gasteiger partial charge in [-0.2, -0.15) is 0 Å². The minimum atomic E-state index is -1.53. The molecule has 7 nitrogen and oxygen atoms in total. The molecule has 1 N–H and O–H groups in total. The number of esters is 2. The summed E-state index contributed by atoms with van der Waals surface area (Å²) in [4.78, 5) is 48.3. The van der Waals surface area contributed by atoms with Gasteiger partial charge < -0.3 is 14.6 Å². The molecule has 4 aliphatic carbocycles. The first kappa shape index (κ1) is 23.1. The van der Waals surface area contributed by atoms with Crippen LogP contribution in [-0.2, 0) is 28.7 Å². The zero-order valence-corrected chi connectivity index (χ0v) is 19.4. The van der Waals surface area contributed by atoms with Crippen LogP contribution in [0.25, 0.3) is 0 Å². The Morgan fingerprint density at radius 2 is 1.75 bits per heavy atom. The average Bonchev–Trinajstić information content (AvgIpc) is 2.99. The SMILES string of the molecule is CC(=O)OCC(=O)[C@@]1(O)CC[C@@H]2[C@@H]3C[C@H](OC(C)=O)C4=CC(=O)CC[C@]4(C)[C@H]3CC[C@@]21C. The lowest BCUT2D eigenvalue weighted by Crippen LogP contribution is -2.59. The summed E-state index contributed by atoms with van der Waals surface area (Å²) in [5.74, 6) is -0.699. The number of Topliss-reactive ketones (excluding diaryl/α,β-unsaturated/α-hetero) is 1. The van der Waals surface area contributed by atoms with Crippen LogP contribution in [-0.4, -0.2) is 46.9 Å². The van der Waals surface area contributed by atoms with Crippen molar-refractivity contribution in [3.63, 3.8) is 0 Å². The standard InChI is InChI=1S/C25H34O7/c1-14(26)31-13-22(29)25(30)10-7-19-17-12-21(32-15(2)27)20-11-16(28)5-8-23(20,3)18(17)6-9-24(19,25)4/h11,17-19,21,30H,5-10,12-13H2,1-4H3/t17-,18+,19-,21+,23-,24+,25+/m1/s1. The molecule has 0 heterocycles. The van der Waals surface area contributed by atoms with Crippen LogP contribution in [0.15, 0.2) is 11.6 Å². The molecule has 0 aromatic rings. The number of hydrogen-bond donors (Lipinski definition) is 1. The minimum Gasteiger partial charge on any atom is -0.458 e. The van der Waals surface area contributed by atoms with Crippen LogP contribution < -0.4 is 0 Å². The highest BCUT2D eigenvalue weighted by atomic mass is 16.5. The molecular formula is C25H34O7. The van der Waals surface area contributed by atoms with Gasteiger partial charge in [-0.25, -0.2) is 0 Å². The van der Waals surface area contributed by atoms with Crippen LogP contribution in [0.3, 0.4) is 0 Å². The number of carbonyl (C=O) groups excluding carboxylic acids is 4. The average molecular weight is 447 g/mol. The zero-order valence-electron chi connectivity index (χ0n) is 19.4. The van der Waals surface area contributed by atoms with Crippen LogP contribution in [0, 0.1) is 28.6 Å². The van der Waals surface area contributed by atoms with Crippen molar-refractivity contribution in [1.82, 2.24) is 0 Å². The predicted octanol–water partition coefficient (Wildman–Crippen LogP) is 2.92. The summed E-state index contributed by atoms with van der Waals surface area (Å²) in [5.41, 5.74) is -1.46. The van der Waals surface area contributed by atoms with Gasteiger partial charge in [-0.3, -0.25) is 19.2 Å². The number of rotatable bonds is 4. The fourth-order valence-electron chi connectivity index (χ4n) is 7.65. The van der Waals surface area contributed by atoms with Crippen LogP contribution in [0.2, 0.25) is 0 Å². The Kier molecular flexibility index (Phi) is 5.63. The summed E-state index contributed by atoms with van der Waals surface area (Å²) >= 11 is 0. The van der Waals surface area contributed by atoms with E-state index in [0.29, 0.717) is 38.0 Å². The van der Waals surface area contributed by atoms with Crippen molar-refractivity contribution in [3.8, 4) is 0 Å². The van der Waals surface area contributed by atoms with E-state index in [1.165, 1.54) is 13.8 Å². The van der Waals surface area contributed by atoms with Gasteiger partial charge in [-0.05, 0) is 73.3 Å². The van der Waals surface area contributed by atoms with E-state index in [2.05, 4.69) is 6.92 Å². The molecule has 0 spiro atoms. The van der Waals surface area contributed by atoms with Gasteiger partial charge in [-0.1, -0.05) is 13.8 Å². The van der Waals surface area contributed by atoms with Gasteiger partial charge in [0.15, 0.2) is 12.4 Å². The van der Waals surface area contributed by atoms with E-state index in [9.17, 15) is 24.3 Å². The molecule has 0 aromatic heterocycles. The van der Waals surface area contributed by atoms with Crippen molar-refractivity contribution < 1.29 is 33.8 Å². The Balaban J connectivity index is 1.67. The van der Waals surface area contributed by atoms with E-state index in [0.717, 1.165) is 18.4 Å². The van der Waals surface area contributed by atoms with Crippen LogP contribution >= 0.6 is 0 Å². The number of aliphatic hydroxyl groups is 1. The number of fused-ring (bicyclic) bond motifs is 5. The van der Waals surface area contributed by atoms with Crippen LogP contribution in [0.1, 0.15) is 72.6 Å². The molecule has 0 radical (unpaired) electrons. The van der Waals surface area contributed by atoms with Crippen molar-refractivity contribution in [2.45, 2.75) is 84.3 Å². The summed E-state index contributed by atoms with van der Waals surface area (Å²) in [7, 11) is 0. The third-order valence-electron chi connectivity index (χ3n) is 9.28. The van der Waals surface area contributed by atoms with Crippen molar-refractivity contribution in [1.29, 1.82) is 0 Å². The van der Waals surface area contributed by atoms with Crippen LogP contribution in [0.5, 0.6) is 0 Å². The molecule has 0 amide bonds. The highest BCUT2D eigenvalue weighted by molar-refractivity contribution is 5.92. The first-order chi connectivity index (χ1) is 14.9. The third-order valence-corrected chi connectivity index (χ3v) is 9.28. The lowest BCUT2D eigenvalue weighted by molar-refractivity contribution is -0.173. The van der Waals surface area contributed by atoms with E-state index < -0.39 is 35.5 Å². The number of carbonyl (C=O) groups is 4. The van der Waals surface area contributed by atoms with E-state index in [1.807, 2.05) is 6.92 Å². The third kappa shape index (κ3) is 3.35. The zero-order chi connectivity index (χ0) is 23.5. The Morgan fingerprint density at radius 1 is 1.06 bits per heavy atom. The van der Waals surface area contributed by atoms with E-state index in [-0.39, 0.29) is 29.0 Å². The van der Waals surface area contributed by atoms with E-state index in [4.69, 9.17) is 9.47 Å². The molecule has 3 fully saturated rings. The van der Waals surface area contributed by atoms with Gasteiger partial charge in [0.1, 0.15) is 11.7 Å². The second-order valence-corrected chi connectivity index (χ2v) is 10.8. The quantitative estimate of drug-likeness (QED) is 0.662. The fraction of sp³-hybridized carbons (Fsp3) is 0.760. The Labute approximate surface area is 188 Å². The summed E-state index contributed by atoms with van der Waals surface area (Å²) in [6.07, 6.45) is 5.64. The summed E-state index contributed by atoms with van der Waals surface area (Å²) in [5, 5.41) is 11.6. The number of ether oxygens (including phenoxy) is 2. The maximum absolute atomic E-state index is 13.0. The first-order valence-electron chi connectivity index (χ1n) is 11.7. The summed E-state index contributed by atoms with van der Waals surface area (Å²) in [6, 6.07) is 0. The molecule has 3 saturated carbocycles. The smallest absolute Gasteiger partial charge is 0.303 e. The highest BCUT2D eigenvalue weighted by Crippen LogP contribution is 2.67. The maximum atomic E-state index is 13.0. The van der Waals surface area contributed by atoms with Gasteiger partial charge in [0.25, 0.3) is 0 Å². The van der Waals surface area contributed by atoms with Crippen molar-refractivity contribution in [3.05, 3.63) is 11.6 Å². The molecular weight excluding hydrogens is 412 g/mol. The first-order valence-corrected chi connectivity index (χ1v) is 11.7. The van der Waals surface area contributed by atoms with Gasteiger partial charge in [-0.15, -0.1) is 0 Å². The van der Waals surface area contributed by atoms with Crippen molar-refractivity contribution >= 4 is 23.5 Å². The predicted molar refractivity (Wildman–Crippen MR) is 114 cm³/mol. The molecule has 4 rings (SSSR count). The molecule has 0 aromatic carbocycles. The second-order valence-electron chi connectivity index (χ2n) is 10.8. The molecule has 0 bridgehead atoms. The highest BCUT2D eigenvalue weighted by Gasteiger charge is 2.67. The molecule has 7 heteroatoms. The van der Waals surface area contributed by atoms with Gasteiger partial charge in [0.05, 0.1) is 0 Å². The van der Waals surface area contributed by atoms with Gasteiger partial charge in [0.2, 0.25) is 5.78 Å². The second kappa shape index (κ2) is 7.79. The molecule has 32 heavy (non-hydrogen) atoms. The lowest BCUT2D eigenvalue weighted by atomic mass is 9.45. The molecule has 0 aliphatic heterocycles. The van der Waals surface area contributed by atoms with E-state index >= 15 is 0 Å². The van der Waals surface area contributed by atoms with E-state index in [1.54, 1.807) is 6.08 Å². The Hall–Kier alpha value is -2.02. The topological polar surface area (TPSA) is 107 Å². The summed E-state index contributed by atoms with van der Waals surface area (Å²) < 4.78 is 10.6. The number of ketones is 2. The normalized spacial score (nSPS) is 42.8. The molecule has 4 aliphatic rings. The largest absolute Gasteiger partial charge is 0.458 e. The fourth-order valence-corrected chi connectivity index (χ4v) is 7.65. The van der Waals surface area contributed by atoms with Gasteiger partial charge in [0, 0.05) is 25.7 Å². The molecule has 7 atom stereocenters. The molecule has 0 unspecified atom stereocenters. The maximum Gasteiger partial charge on any atom is 0.303 e.